The Morgan fingerprint density at radius 3 is 2.00 bits per heavy atom. The Labute approximate surface area is 224 Å². The lowest BCUT2D eigenvalue weighted by atomic mass is 9.81. The smallest absolute Gasteiger partial charge is 0.475 e. The maximum absolute atomic E-state index is 13.1. The van der Waals surface area contributed by atoms with Gasteiger partial charge in [0.15, 0.2) is 0 Å². The van der Waals surface area contributed by atoms with Crippen LogP contribution >= 0.6 is 0 Å². The summed E-state index contributed by atoms with van der Waals surface area (Å²) in [5.41, 5.74) is -2.55. The molecule has 2 aliphatic rings. The Balaban J connectivity index is 0.000000708. The van der Waals surface area contributed by atoms with E-state index in [1.54, 1.807) is 0 Å². The summed E-state index contributed by atoms with van der Waals surface area (Å²) in [6, 6.07) is 2.16. The first-order valence-corrected chi connectivity index (χ1v) is 12.7. The number of hydrogen-bond donors (Lipinski definition) is 2. The van der Waals surface area contributed by atoms with Crippen molar-refractivity contribution in [3.05, 3.63) is 29.8 Å². The fourth-order valence-electron chi connectivity index (χ4n) is 4.55. The van der Waals surface area contributed by atoms with Gasteiger partial charge in [-0.1, -0.05) is 6.92 Å². The van der Waals surface area contributed by atoms with Crippen LogP contribution in [0, 0.1) is 11.8 Å². The predicted molar refractivity (Wildman–Crippen MR) is 122 cm³/mol. The van der Waals surface area contributed by atoms with Crippen LogP contribution in [0.2, 0.25) is 0 Å². The van der Waals surface area contributed by atoms with Gasteiger partial charge in [0, 0.05) is 26.2 Å². The van der Waals surface area contributed by atoms with Crippen LogP contribution in [-0.2, 0) is 40.1 Å². The fourth-order valence-corrected chi connectivity index (χ4v) is 6.03. The zero-order chi connectivity index (χ0) is 31.0. The number of carboxylic acid groups (broad SMARTS) is 1. The van der Waals surface area contributed by atoms with Gasteiger partial charge in [0.05, 0.1) is 29.4 Å². The van der Waals surface area contributed by atoms with Crippen molar-refractivity contribution in [2.75, 3.05) is 27.2 Å². The molecule has 0 aromatic heterocycles. The summed E-state index contributed by atoms with van der Waals surface area (Å²) in [7, 11) is -1.82. The highest BCUT2D eigenvalue weighted by molar-refractivity contribution is 7.89. The van der Waals surface area contributed by atoms with E-state index in [2.05, 4.69) is 5.32 Å². The zero-order valence-electron chi connectivity index (χ0n) is 21.3. The number of nitrogens with zero attached hydrogens (tertiary/aromatic N) is 2. The van der Waals surface area contributed by atoms with Crippen molar-refractivity contribution in [1.29, 1.82) is 0 Å². The number of alkyl halides is 6. The molecule has 0 saturated carbocycles. The van der Waals surface area contributed by atoms with Crippen molar-refractivity contribution in [2.24, 2.45) is 11.8 Å². The molecule has 40 heavy (non-hydrogen) atoms. The molecule has 224 valence electrons. The number of fused-ring (bicyclic) bond motifs is 1. The second kappa shape index (κ2) is 11.3. The third-order valence-electron chi connectivity index (χ3n) is 6.54. The van der Waals surface area contributed by atoms with Crippen LogP contribution in [0.1, 0.15) is 19.4 Å². The molecule has 1 aromatic carbocycles. The van der Waals surface area contributed by atoms with Gasteiger partial charge in [-0.3, -0.25) is 24.6 Å². The molecule has 2 saturated heterocycles. The number of hydrogen-bond acceptors (Lipinski definition) is 8. The number of methoxy groups -OCH3 is 1. The summed E-state index contributed by atoms with van der Waals surface area (Å²) in [6.45, 7) is 2.59. The minimum absolute atomic E-state index is 0.0637. The van der Waals surface area contributed by atoms with Gasteiger partial charge in [0.2, 0.25) is 21.8 Å². The summed E-state index contributed by atoms with van der Waals surface area (Å²) in [6.07, 6.45) is -9.70. The Morgan fingerprint density at radius 2 is 1.60 bits per heavy atom. The average molecular weight is 606 g/mol. The van der Waals surface area contributed by atoms with E-state index in [9.17, 15) is 49.1 Å². The molecule has 0 aliphatic carbocycles. The number of esters is 1. The first-order valence-electron chi connectivity index (χ1n) is 11.3. The number of carbonyl (C=O) groups excluding carboxylic acids is 3. The Hall–Kier alpha value is -3.25. The van der Waals surface area contributed by atoms with E-state index < -0.39 is 75.1 Å². The standard InChI is InChI=1S/C20H24F3N3O6S.C2HF3O2/c1-5-26(33(30,31)12-8-6-11(7-9-12)20(21,22)23)10-13-14-15(17(28)25(3)16(14)27)19(2,24-13)18(29)32-4;3-2(4,5)1(6)7/h6-9,13-15,24H,5,10H2,1-4H3;(H,6,7)/t13-,14+,15-,19-;/m1./s1. The summed E-state index contributed by atoms with van der Waals surface area (Å²) < 4.78 is 102. The van der Waals surface area contributed by atoms with E-state index in [4.69, 9.17) is 14.6 Å². The van der Waals surface area contributed by atoms with E-state index in [0.717, 1.165) is 28.4 Å². The van der Waals surface area contributed by atoms with Gasteiger partial charge in [-0.25, -0.2) is 13.2 Å². The number of amides is 2. The van der Waals surface area contributed by atoms with Gasteiger partial charge in [0.1, 0.15) is 5.54 Å². The monoisotopic (exact) mass is 605 g/mol. The van der Waals surface area contributed by atoms with Crippen LogP contribution in [0.4, 0.5) is 26.3 Å². The number of carboxylic acids is 1. The van der Waals surface area contributed by atoms with Crippen LogP contribution in [0.15, 0.2) is 29.2 Å². The molecule has 4 atom stereocenters. The number of carbonyl (C=O) groups is 4. The number of imide groups is 1. The highest BCUT2D eigenvalue weighted by Gasteiger charge is 2.66. The number of rotatable bonds is 6. The SMILES string of the molecule is CCN(C[C@H]1N[C@@](C)(C(=O)OC)[C@H]2C(=O)N(C)C(=O)[C@@H]12)S(=O)(=O)c1ccc(C(F)(F)F)cc1.O=C(O)C(F)(F)F. The first-order chi connectivity index (χ1) is 18.1. The molecule has 2 aliphatic heterocycles. The van der Waals surface area contributed by atoms with Gasteiger partial charge in [0.25, 0.3) is 0 Å². The summed E-state index contributed by atoms with van der Waals surface area (Å²) >= 11 is 0. The summed E-state index contributed by atoms with van der Waals surface area (Å²) in [5, 5.41) is 10.0. The molecular weight excluding hydrogens is 580 g/mol. The molecule has 2 fully saturated rings. The van der Waals surface area contributed by atoms with E-state index >= 15 is 0 Å². The lowest BCUT2D eigenvalue weighted by Gasteiger charge is -2.29. The Kier molecular flexibility index (Phi) is 9.33. The van der Waals surface area contributed by atoms with Crippen LogP contribution in [0.5, 0.6) is 0 Å². The van der Waals surface area contributed by atoms with Crippen LogP contribution < -0.4 is 5.32 Å². The van der Waals surface area contributed by atoms with Crippen molar-refractivity contribution in [1.82, 2.24) is 14.5 Å². The number of halogens is 6. The second-order valence-corrected chi connectivity index (χ2v) is 10.9. The van der Waals surface area contributed by atoms with Crippen molar-refractivity contribution >= 4 is 33.8 Å². The minimum Gasteiger partial charge on any atom is -0.475 e. The first kappa shape index (κ1) is 33.0. The molecule has 2 heterocycles. The summed E-state index contributed by atoms with van der Waals surface area (Å²) in [4.78, 5) is 47.4. The zero-order valence-corrected chi connectivity index (χ0v) is 22.1. The number of sulfonamides is 1. The minimum atomic E-state index is -5.08. The van der Waals surface area contributed by atoms with Crippen molar-refractivity contribution in [2.45, 2.75) is 42.7 Å². The maximum Gasteiger partial charge on any atom is 0.490 e. The van der Waals surface area contributed by atoms with Crippen LogP contribution in [0.3, 0.4) is 0 Å². The average Bonchev–Trinajstić information content (AvgIpc) is 3.29. The molecule has 0 radical (unpaired) electrons. The Bertz CT molecular complexity index is 1270. The second-order valence-electron chi connectivity index (χ2n) is 8.96. The lowest BCUT2D eigenvalue weighted by Crippen LogP contribution is -2.56. The number of benzene rings is 1. The van der Waals surface area contributed by atoms with E-state index in [1.165, 1.54) is 20.9 Å². The number of likely N-dealkylation sites (tertiary alicyclic amines) is 1. The molecule has 2 amide bonds. The third kappa shape index (κ3) is 6.22. The van der Waals surface area contributed by atoms with Gasteiger partial charge >= 0.3 is 24.3 Å². The molecule has 2 N–H and O–H groups in total. The maximum atomic E-state index is 13.1. The van der Waals surface area contributed by atoms with Crippen LogP contribution in [0.25, 0.3) is 0 Å². The fraction of sp³-hybridized carbons (Fsp3) is 0.545. The summed E-state index contributed by atoms with van der Waals surface area (Å²) in [5.74, 6) is -6.76. The molecule has 0 spiro atoms. The number of likely N-dealkylation sites (N-methyl/N-ethyl adjacent to an activating group) is 1. The molecule has 0 bridgehead atoms. The van der Waals surface area contributed by atoms with Crippen LogP contribution in [-0.4, -0.2) is 91.5 Å². The number of ether oxygens (including phenoxy) is 1. The topological polar surface area (TPSA) is 150 Å². The quantitative estimate of drug-likeness (QED) is 0.279. The van der Waals surface area contributed by atoms with Crippen molar-refractivity contribution in [3.63, 3.8) is 0 Å². The Morgan fingerprint density at radius 1 is 1.10 bits per heavy atom. The predicted octanol–water partition coefficient (Wildman–Crippen LogP) is 1.48. The number of aliphatic carboxylic acids is 1. The molecule has 11 nitrogen and oxygen atoms in total. The normalized spacial score (nSPS) is 25.0. The highest BCUT2D eigenvalue weighted by atomic mass is 32.2. The molecule has 3 rings (SSSR count). The van der Waals surface area contributed by atoms with Gasteiger partial charge < -0.3 is 9.84 Å². The van der Waals surface area contributed by atoms with E-state index in [1.807, 2.05) is 0 Å². The third-order valence-corrected chi connectivity index (χ3v) is 8.49. The molecular formula is C22H25F6N3O8S. The van der Waals surface area contributed by atoms with Crippen molar-refractivity contribution < 1.29 is 63.8 Å². The van der Waals surface area contributed by atoms with E-state index in [-0.39, 0.29) is 18.0 Å². The van der Waals surface area contributed by atoms with Crippen molar-refractivity contribution in [3.8, 4) is 0 Å². The lowest BCUT2D eigenvalue weighted by molar-refractivity contribution is -0.192. The van der Waals surface area contributed by atoms with E-state index in [0.29, 0.717) is 12.1 Å². The van der Waals surface area contributed by atoms with Gasteiger partial charge in [-0.05, 0) is 31.2 Å². The van der Waals surface area contributed by atoms with Gasteiger partial charge in [-0.15, -0.1) is 0 Å². The largest absolute Gasteiger partial charge is 0.490 e. The van der Waals surface area contributed by atoms with Gasteiger partial charge in [-0.2, -0.15) is 30.6 Å². The molecule has 0 unspecified atom stereocenters. The number of nitrogens with one attached hydrogen (secondary N) is 1. The molecule has 18 heteroatoms. The highest BCUT2D eigenvalue weighted by Crippen LogP contribution is 2.43. The molecule has 1 aromatic rings.